The smallest absolute Gasteiger partial charge is 0.191 e. The molecule has 1 unspecified atom stereocenters. The van der Waals surface area contributed by atoms with Crippen LogP contribution in [0.2, 0.25) is 0 Å². The third kappa shape index (κ3) is 9.15. The average molecular weight is 477 g/mol. The number of benzene rings is 1. The molecular formula is C19H32IN3OS. The summed E-state index contributed by atoms with van der Waals surface area (Å²) in [6, 6.07) is 10.3. The second kappa shape index (κ2) is 12.8. The Kier molecular flexibility index (Phi) is 11.6. The Labute approximate surface area is 174 Å². The fourth-order valence-electron chi connectivity index (χ4n) is 2.77. The Bertz CT molecular complexity index is 493. The maximum Gasteiger partial charge on any atom is 0.191 e. The molecule has 1 saturated heterocycles. The van der Waals surface area contributed by atoms with Crippen molar-refractivity contribution in [1.29, 1.82) is 0 Å². The molecule has 1 heterocycles. The number of halogens is 1. The third-order valence-corrected chi connectivity index (χ3v) is 5.81. The molecule has 1 atom stereocenters. The van der Waals surface area contributed by atoms with Crippen LogP contribution in [0.4, 0.5) is 0 Å². The SMILES string of the molecule is CN=C(NCCCCOCc1ccccc1)NCC1(C)CCCS1.I. The zero-order chi connectivity index (χ0) is 17.1. The number of hydrogen-bond donors (Lipinski definition) is 2. The molecule has 0 bridgehead atoms. The van der Waals surface area contributed by atoms with Crippen LogP contribution in [-0.2, 0) is 11.3 Å². The number of ether oxygens (including phenoxy) is 1. The maximum absolute atomic E-state index is 5.70. The van der Waals surface area contributed by atoms with Gasteiger partial charge in [-0.05, 0) is 43.9 Å². The molecule has 0 aliphatic carbocycles. The molecule has 1 aliphatic heterocycles. The highest BCUT2D eigenvalue weighted by atomic mass is 127. The molecule has 1 aromatic carbocycles. The largest absolute Gasteiger partial charge is 0.377 e. The van der Waals surface area contributed by atoms with Crippen LogP contribution in [0.25, 0.3) is 0 Å². The first kappa shape index (κ1) is 22.6. The van der Waals surface area contributed by atoms with E-state index in [2.05, 4.69) is 46.4 Å². The number of hydrogen-bond acceptors (Lipinski definition) is 3. The van der Waals surface area contributed by atoms with Crippen molar-refractivity contribution in [1.82, 2.24) is 10.6 Å². The van der Waals surface area contributed by atoms with Gasteiger partial charge in [-0.3, -0.25) is 4.99 Å². The molecule has 1 aromatic rings. The van der Waals surface area contributed by atoms with Crippen molar-refractivity contribution in [2.24, 2.45) is 4.99 Å². The molecule has 2 rings (SSSR count). The van der Waals surface area contributed by atoms with Crippen LogP contribution >= 0.6 is 35.7 Å². The van der Waals surface area contributed by atoms with E-state index in [4.69, 9.17) is 4.74 Å². The van der Waals surface area contributed by atoms with Crippen LogP contribution in [0, 0.1) is 0 Å². The Morgan fingerprint density at radius 2 is 2.04 bits per heavy atom. The fraction of sp³-hybridized carbons (Fsp3) is 0.632. The van der Waals surface area contributed by atoms with Gasteiger partial charge in [0.1, 0.15) is 0 Å². The monoisotopic (exact) mass is 477 g/mol. The fourth-order valence-corrected chi connectivity index (χ4v) is 4.01. The lowest BCUT2D eigenvalue weighted by Crippen LogP contribution is -2.43. The predicted octanol–water partition coefficient (Wildman–Crippen LogP) is 4.05. The summed E-state index contributed by atoms with van der Waals surface area (Å²) in [6.45, 7) is 5.76. The first-order valence-corrected chi connectivity index (χ1v) is 9.91. The quantitative estimate of drug-likeness (QED) is 0.244. The molecule has 6 heteroatoms. The predicted molar refractivity (Wildman–Crippen MR) is 120 cm³/mol. The minimum Gasteiger partial charge on any atom is -0.377 e. The van der Waals surface area contributed by atoms with Crippen molar-refractivity contribution < 1.29 is 4.74 Å². The van der Waals surface area contributed by atoms with E-state index < -0.39 is 0 Å². The van der Waals surface area contributed by atoms with Crippen LogP contribution in [0.3, 0.4) is 0 Å². The van der Waals surface area contributed by atoms with E-state index in [1.807, 2.05) is 25.2 Å². The Morgan fingerprint density at radius 1 is 1.24 bits per heavy atom. The molecule has 4 nitrogen and oxygen atoms in total. The molecule has 0 radical (unpaired) electrons. The van der Waals surface area contributed by atoms with E-state index in [0.717, 1.165) is 38.5 Å². The van der Waals surface area contributed by atoms with Crippen molar-refractivity contribution in [3.8, 4) is 0 Å². The molecule has 0 amide bonds. The highest BCUT2D eigenvalue weighted by Crippen LogP contribution is 2.36. The lowest BCUT2D eigenvalue weighted by Gasteiger charge is -2.24. The van der Waals surface area contributed by atoms with Gasteiger partial charge in [0.15, 0.2) is 5.96 Å². The van der Waals surface area contributed by atoms with Gasteiger partial charge in [0, 0.05) is 31.5 Å². The van der Waals surface area contributed by atoms with E-state index in [1.165, 1.54) is 24.2 Å². The molecule has 1 fully saturated rings. The van der Waals surface area contributed by atoms with Gasteiger partial charge in [0.2, 0.25) is 0 Å². The van der Waals surface area contributed by atoms with E-state index in [9.17, 15) is 0 Å². The van der Waals surface area contributed by atoms with Crippen LogP contribution in [0.15, 0.2) is 35.3 Å². The van der Waals surface area contributed by atoms with E-state index in [1.54, 1.807) is 0 Å². The molecular weight excluding hydrogens is 445 g/mol. The van der Waals surface area contributed by atoms with E-state index in [0.29, 0.717) is 11.4 Å². The van der Waals surface area contributed by atoms with Gasteiger partial charge in [-0.1, -0.05) is 30.3 Å². The van der Waals surface area contributed by atoms with E-state index >= 15 is 0 Å². The van der Waals surface area contributed by atoms with Crippen LogP contribution in [0.1, 0.15) is 38.2 Å². The van der Waals surface area contributed by atoms with Gasteiger partial charge < -0.3 is 15.4 Å². The van der Waals surface area contributed by atoms with Gasteiger partial charge in [-0.25, -0.2) is 0 Å². The summed E-state index contributed by atoms with van der Waals surface area (Å²) < 4.78 is 6.07. The lowest BCUT2D eigenvalue weighted by atomic mass is 10.1. The standard InChI is InChI=1S/C19H31N3OS.HI/c1-19(11-8-14-24-19)16-22-18(20-2)21-12-6-7-13-23-15-17-9-4-3-5-10-17;/h3-5,9-10H,6-8,11-16H2,1-2H3,(H2,20,21,22);1H. The van der Waals surface area contributed by atoms with Gasteiger partial charge in [-0.15, -0.1) is 24.0 Å². The Hall–Kier alpha value is -0.470. The van der Waals surface area contributed by atoms with E-state index in [-0.39, 0.29) is 24.0 Å². The number of nitrogens with zero attached hydrogens (tertiary/aromatic N) is 1. The number of unbranched alkanes of at least 4 members (excludes halogenated alkanes) is 1. The van der Waals surface area contributed by atoms with Crippen LogP contribution in [-0.4, -0.2) is 43.2 Å². The summed E-state index contributed by atoms with van der Waals surface area (Å²) in [6.07, 6.45) is 4.77. The number of nitrogens with one attached hydrogen (secondary N) is 2. The number of rotatable bonds is 9. The molecule has 25 heavy (non-hydrogen) atoms. The third-order valence-electron chi connectivity index (χ3n) is 4.27. The van der Waals surface area contributed by atoms with Gasteiger partial charge in [0.05, 0.1) is 6.61 Å². The zero-order valence-electron chi connectivity index (χ0n) is 15.4. The summed E-state index contributed by atoms with van der Waals surface area (Å²) in [5.74, 6) is 2.20. The molecule has 2 N–H and O–H groups in total. The highest BCUT2D eigenvalue weighted by Gasteiger charge is 2.29. The normalized spacial score (nSPS) is 20.2. The Balaban J connectivity index is 0.00000312. The minimum absolute atomic E-state index is 0. The van der Waals surface area contributed by atoms with Crippen molar-refractivity contribution in [2.75, 3.05) is 32.5 Å². The van der Waals surface area contributed by atoms with Crippen molar-refractivity contribution >= 4 is 41.7 Å². The minimum atomic E-state index is 0. The molecule has 1 aliphatic rings. The Morgan fingerprint density at radius 3 is 2.72 bits per heavy atom. The highest BCUT2D eigenvalue weighted by molar-refractivity contribution is 14.0. The topological polar surface area (TPSA) is 45.7 Å². The summed E-state index contributed by atoms with van der Waals surface area (Å²) in [4.78, 5) is 4.31. The average Bonchev–Trinajstić information content (AvgIpc) is 3.04. The second-order valence-electron chi connectivity index (χ2n) is 6.50. The first-order chi connectivity index (χ1) is 11.7. The molecule has 0 spiro atoms. The maximum atomic E-state index is 5.70. The number of aliphatic imine (C=N–C) groups is 1. The van der Waals surface area contributed by atoms with Crippen LogP contribution < -0.4 is 10.6 Å². The molecule has 0 aromatic heterocycles. The second-order valence-corrected chi connectivity index (χ2v) is 8.18. The summed E-state index contributed by atoms with van der Waals surface area (Å²) >= 11 is 2.07. The first-order valence-electron chi connectivity index (χ1n) is 8.92. The van der Waals surface area contributed by atoms with Gasteiger partial charge >= 0.3 is 0 Å². The summed E-state index contributed by atoms with van der Waals surface area (Å²) in [5, 5.41) is 6.86. The van der Waals surface area contributed by atoms with Gasteiger partial charge in [-0.2, -0.15) is 11.8 Å². The van der Waals surface area contributed by atoms with Crippen LogP contribution in [0.5, 0.6) is 0 Å². The van der Waals surface area contributed by atoms with Gasteiger partial charge in [0.25, 0.3) is 0 Å². The molecule has 0 saturated carbocycles. The zero-order valence-corrected chi connectivity index (χ0v) is 18.6. The number of thioether (sulfide) groups is 1. The summed E-state index contributed by atoms with van der Waals surface area (Å²) in [7, 11) is 1.84. The lowest BCUT2D eigenvalue weighted by molar-refractivity contribution is 0.117. The summed E-state index contributed by atoms with van der Waals surface area (Å²) in [5.41, 5.74) is 1.23. The molecule has 142 valence electrons. The van der Waals surface area contributed by atoms with Crippen molar-refractivity contribution in [3.63, 3.8) is 0 Å². The van der Waals surface area contributed by atoms with Crippen molar-refractivity contribution in [2.45, 2.75) is 44.0 Å². The number of guanidine groups is 1. The van der Waals surface area contributed by atoms with Crippen molar-refractivity contribution in [3.05, 3.63) is 35.9 Å².